The fourth-order valence-electron chi connectivity index (χ4n) is 5.04. The quantitative estimate of drug-likeness (QED) is 0.521. The lowest BCUT2D eigenvalue weighted by atomic mass is 9.94. The Kier molecular flexibility index (Phi) is 5.58. The molecular formula is C23H29N5O2S. The Morgan fingerprint density at radius 2 is 2.06 bits per heavy atom. The highest BCUT2D eigenvalue weighted by atomic mass is 32.1. The van der Waals surface area contributed by atoms with Gasteiger partial charge in [-0.15, -0.1) is 0 Å². The minimum absolute atomic E-state index is 0.0684. The minimum atomic E-state index is -0.0684. The van der Waals surface area contributed by atoms with Gasteiger partial charge in [-0.3, -0.25) is 14.7 Å². The summed E-state index contributed by atoms with van der Waals surface area (Å²) in [5.41, 5.74) is 3.02. The Balaban J connectivity index is 1.41. The van der Waals surface area contributed by atoms with Crippen molar-refractivity contribution in [3.63, 3.8) is 0 Å². The van der Waals surface area contributed by atoms with Gasteiger partial charge < -0.3 is 19.6 Å². The molecule has 3 aromatic rings. The van der Waals surface area contributed by atoms with Gasteiger partial charge in [-0.25, -0.2) is 0 Å². The first kappa shape index (κ1) is 20.3. The summed E-state index contributed by atoms with van der Waals surface area (Å²) in [6.07, 6.45) is 9.18. The molecule has 3 heterocycles. The number of ether oxygens (including phenoxy) is 1. The maximum absolute atomic E-state index is 12.7. The van der Waals surface area contributed by atoms with Gasteiger partial charge in [0.15, 0.2) is 4.77 Å². The van der Waals surface area contributed by atoms with Crippen molar-refractivity contribution in [2.75, 3.05) is 19.1 Å². The molecule has 0 atom stereocenters. The lowest BCUT2D eigenvalue weighted by Gasteiger charge is -2.38. The van der Waals surface area contributed by atoms with Gasteiger partial charge in [-0.2, -0.15) is 0 Å². The summed E-state index contributed by atoms with van der Waals surface area (Å²) >= 11 is 5.54. The number of hydrogen-bond acceptors (Lipinski definition) is 5. The van der Waals surface area contributed by atoms with E-state index in [1.807, 2.05) is 22.9 Å². The number of nitrogens with zero attached hydrogens (tertiary/aromatic N) is 2. The third-order valence-electron chi connectivity index (χ3n) is 6.78. The molecular weight excluding hydrogens is 410 g/mol. The van der Waals surface area contributed by atoms with Crippen LogP contribution in [0.15, 0.2) is 29.2 Å². The van der Waals surface area contributed by atoms with E-state index < -0.39 is 0 Å². The number of H-pyrrole nitrogens is 2. The highest BCUT2D eigenvalue weighted by Gasteiger charge is 2.28. The first-order valence-electron chi connectivity index (χ1n) is 11.1. The Bertz CT molecular complexity index is 1200. The second-order valence-corrected chi connectivity index (χ2v) is 8.97. The van der Waals surface area contributed by atoms with Crippen molar-refractivity contribution in [3.05, 3.63) is 50.6 Å². The van der Waals surface area contributed by atoms with E-state index in [4.69, 9.17) is 17.0 Å². The molecule has 31 heavy (non-hydrogen) atoms. The van der Waals surface area contributed by atoms with E-state index in [1.54, 1.807) is 7.11 Å². The van der Waals surface area contributed by atoms with E-state index >= 15 is 0 Å². The van der Waals surface area contributed by atoms with Crippen LogP contribution in [0.3, 0.4) is 0 Å². The third-order valence-corrected chi connectivity index (χ3v) is 7.10. The van der Waals surface area contributed by atoms with Crippen LogP contribution >= 0.6 is 12.2 Å². The lowest BCUT2D eigenvalue weighted by molar-refractivity contribution is 0.152. The van der Waals surface area contributed by atoms with Gasteiger partial charge in [0, 0.05) is 36.2 Å². The first-order chi connectivity index (χ1) is 15.1. The topological polar surface area (TPSA) is 78.1 Å². The highest BCUT2D eigenvalue weighted by molar-refractivity contribution is 7.71. The van der Waals surface area contributed by atoms with Gasteiger partial charge in [0.25, 0.3) is 5.56 Å². The van der Waals surface area contributed by atoms with Crippen molar-refractivity contribution in [2.24, 2.45) is 0 Å². The molecule has 1 saturated carbocycles. The number of hydrogen-bond donors (Lipinski definition) is 3. The standard InChI is InChI=1S/C23H29N5O2S/c1-30-17-7-8-20-18(11-17)15(12-24-20)9-10-28-21-19(22(29)26-23(28)31)13-27(14-25-21)16-5-3-2-4-6-16/h7-8,11-12,16,24-25H,2-6,9-10,13-14H2,1H3,(H,26,29,31). The zero-order chi connectivity index (χ0) is 21.4. The molecule has 1 aliphatic carbocycles. The minimum Gasteiger partial charge on any atom is -0.497 e. The van der Waals surface area contributed by atoms with Crippen LogP contribution in [0.1, 0.15) is 43.2 Å². The van der Waals surface area contributed by atoms with Crippen molar-refractivity contribution < 1.29 is 4.74 Å². The van der Waals surface area contributed by atoms with Gasteiger partial charge in [0.2, 0.25) is 0 Å². The van der Waals surface area contributed by atoms with Crippen molar-refractivity contribution in [1.29, 1.82) is 0 Å². The van der Waals surface area contributed by atoms with Crippen LogP contribution in [0.25, 0.3) is 10.9 Å². The van der Waals surface area contributed by atoms with E-state index in [0.29, 0.717) is 23.9 Å². The van der Waals surface area contributed by atoms with Crippen LogP contribution in [0, 0.1) is 4.77 Å². The molecule has 5 rings (SSSR count). The average molecular weight is 440 g/mol. The van der Waals surface area contributed by atoms with E-state index in [2.05, 4.69) is 26.3 Å². The molecule has 8 heteroatoms. The summed E-state index contributed by atoms with van der Waals surface area (Å²) in [4.78, 5) is 21.4. The number of aryl methyl sites for hydroxylation is 1. The predicted octanol–water partition coefficient (Wildman–Crippen LogP) is 4.16. The summed E-state index contributed by atoms with van der Waals surface area (Å²) < 4.78 is 7.90. The highest BCUT2D eigenvalue weighted by Crippen LogP contribution is 2.28. The van der Waals surface area contributed by atoms with Crippen molar-refractivity contribution in [1.82, 2.24) is 19.4 Å². The number of aromatic nitrogens is 3. The van der Waals surface area contributed by atoms with Crippen LogP contribution in [-0.2, 0) is 19.5 Å². The summed E-state index contributed by atoms with van der Waals surface area (Å²) in [6, 6.07) is 6.61. The van der Waals surface area contributed by atoms with Crippen LogP contribution in [0.2, 0.25) is 0 Å². The number of anilines is 1. The molecule has 1 aliphatic heterocycles. The second-order valence-electron chi connectivity index (χ2n) is 8.59. The maximum Gasteiger partial charge on any atom is 0.258 e. The van der Waals surface area contributed by atoms with Gasteiger partial charge >= 0.3 is 0 Å². The second kappa shape index (κ2) is 8.51. The first-order valence-corrected chi connectivity index (χ1v) is 11.5. The fraction of sp³-hybridized carbons (Fsp3) is 0.478. The third kappa shape index (κ3) is 3.90. The number of benzene rings is 1. The summed E-state index contributed by atoms with van der Waals surface area (Å²) in [5, 5.41) is 4.67. The number of rotatable bonds is 5. The van der Waals surface area contributed by atoms with E-state index in [0.717, 1.165) is 41.1 Å². The lowest BCUT2D eigenvalue weighted by Crippen LogP contribution is -2.45. The molecule has 164 valence electrons. The molecule has 0 saturated heterocycles. The SMILES string of the molecule is COc1ccc2[nH]cc(CCn3c4c(c(=O)[nH]c3=S)CN(C3CCCCC3)CN4)c2c1. The predicted molar refractivity (Wildman–Crippen MR) is 125 cm³/mol. The molecule has 1 fully saturated rings. The van der Waals surface area contributed by atoms with Crippen LogP contribution in [0.4, 0.5) is 5.82 Å². The molecule has 3 N–H and O–H groups in total. The molecule has 0 radical (unpaired) electrons. The Labute approximate surface area is 186 Å². The maximum atomic E-state index is 12.7. The molecule has 7 nitrogen and oxygen atoms in total. The van der Waals surface area contributed by atoms with E-state index in [1.165, 1.54) is 37.7 Å². The van der Waals surface area contributed by atoms with Crippen LogP contribution < -0.4 is 15.6 Å². The van der Waals surface area contributed by atoms with Crippen LogP contribution in [-0.4, -0.2) is 39.3 Å². The molecule has 0 spiro atoms. The average Bonchev–Trinajstić information content (AvgIpc) is 3.21. The normalized spacial score (nSPS) is 17.5. The van der Waals surface area contributed by atoms with Crippen molar-refractivity contribution >= 4 is 28.9 Å². The molecule has 0 amide bonds. The zero-order valence-corrected chi connectivity index (χ0v) is 18.7. The van der Waals surface area contributed by atoms with Gasteiger partial charge in [-0.1, -0.05) is 19.3 Å². The van der Waals surface area contributed by atoms with Crippen LogP contribution in [0.5, 0.6) is 5.75 Å². The number of nitrogens with one attached hydrogen (secondary N) is 3. The molecule has 2 aliphatic rings. The summed E-state index contributed by atoms with van der Waals surface area (Å²) in [6.45, 7) is 2.14. The molecule has 0 bridgehead atoms. The number of fused-ring (bicyclic) bond motifs is 2. The Morgan fingerprint density at radius 1 is 1.23 bits per heavy atom. The summed E-state index contributed by atoms with van der Waals surface area (Å²) in [5.74, 6) is 1.72. The van der Waals surface area contributed by atoms with Gasteiger partial charge in [-0.05, 0) is 55.2 Å². The number of aromatic amines is 2. The van der Waals surface area contributed by atoms with Crippen molar-refractivity contribution in [2.45, 2.75) is 57.7 Å². The van der Waals surface area contributed by atoms with Gasteiger partial charge in [0.05, 0.1) is 19.3 Å². The van der Waals surface area contributed by atoms with Gasteiger partial charge in [0.1, 0.15) is 11.6 Å². The number of methoxy groups -OCH3 is 1. The molecule has 0 unspecified atom stereocenters. The van der Waals surface area contributed by atoms with Crippen molar-refractivity contribution in [3.8, 4) is 5.75 Å². The Morgan fingerprint density at radius 3 is 2.87 bits per heavy atom. The monoisotopic (exact) mass is 439 g/mol. The largest absolute Gasteiger partial charge is 0.497 e. The van der Waals surface area contributed by atoms with E-state index in [9.17, 15) is 4.79 Å². The fourth-order valence-corrected chi connectivity index (χ4v) is 5.31. The smallest absolute Gasteiger partial charge is 0.258 e. The molecule has 2 aromatic heterocycles. The Hall–Kier alpha value is -2.58. The molecule has 1 aromatic carbocycles. The van der Waals surface area contributed by atoms with E-state index in [-0.39, 0.29) is 5.56 Å². The zero-order valence-electron chi connectivity index (χ0n) is 17.9. The summed E-state index contributed by atoms with van der Waals surface area (Å²) in [7, 11) is 1.68.